The first-order chi connectivity index (χ1) is 16.6. The van der Waals surface area contributed by atoms with Crippen LogP contribution in [-0.4, -0.2) is 39.7 Å². The predicted octanol–water partition coefficient (Wildman–Crippen LogP) is 4.88. The maximum absolute atomic E-state index is 10.7. The number of aliphatic hydroxyl groups is 1. The normalized spacial score (nSPS) is 13.9. The van der Waals surface area contributed by atoms with E-state index < -0.39 is 5.60 Å². The van der Waals surface area contributed by atoms with Crippen LogP contribution >= 0.6 is 11.6 Å². The third kappa shape index (κ3) is 4.61. The van der Waals surface area contributed by atoms with Crippen molar-refractivity contribution in [2.24, 2.45) is 5.92 Å². The number of nitrogens with zero attached hydrogens (tertiary/aromatic N) is 6. The maximum Gasteiger partial charge on any atom is 0.159 e. The lowest BCUT2D eigenvalue weighted by Gasteiger charge is -2.19. The van der Waals surface area contributed by atoms with E-state index in [2.05, 4.69) is 20.4 Å². The molecule has 3 N–H and O–H groups in total. The minimum Gasteiger partial charge on any atom is -0.508 e. The molecule has 0 unspecified atom stereocenters. The second-order valence-corrected chi connectivity index (χ2v) is 9.98. The highest BCUT2D eigenvalue weighted by Crippen LogP contribution is 2.36. The molecular weight excluding hydrogens is 466 g/mol. The van der Waals surface area contributed by atoms with Crippen LogP contribution in [0.1, 0.15) is 43.6 Å². The van der Waals surface area contributed by atoms with Gasteiger partial charge in [-0.15, -0.1) is 0 Å². The third-order valence-corrected chi connectivity index (χ3v) is 6.59. The van der Waals surface area contributed by atoms with Gasteiger partial charge in [0, 0.05) is 23.7 Å². The van der Waals surface area contributed by atoms with E-state index in [1.165, 1.54) is 19.2 Å². The highest BCUT2D eigenvalue weighted by molar-refractivity contribution is 6.32. The molecular formula is C25H28ClN7O2. The summed E-state index contributed by atoms with van der Waals surface area (Å²) in [4.78, 5) is 8.80. The van der Waals surface area contributed by atoms with Gasteiger partial charge in [0.2, 0.25) is 0 Å². The number of nitrogens with one attached hydrogen (secondary N) is 1. The molecule has 0 amide bonds. The largest absolute Gasteiger partial charge is 0.508 e. The van der Waals surface area contributed by atoms with Crippen molar-refractivity contribution in [1.82, 2.24) is 29.5 Å². The Morgan fingerprint density at radius 2 is 1.83 bits per heavy atom. The molecule has 5 rings (SSSR count). The molecule has 182 valence electrons. The summed E-state index contributed by atoms with van der Waals surface area (Å²) in [6, 6.07) is 8.82. The number of hydrogen-bond acceptors (Lipinski definition) is 7. The Labute approximate surface area is 208 Å². The van der Waals surface area contributed by atoms with Gasteiger partial charge >= 0.3 is 0 Å². The number of halogens is 1. The molecule has 1 aromatic carbocycles. The SMILES string of the molecule is Cc1nn(-c2cc(Nc3c(C)c(-c4ccc(O)cc4)nn3CC3CC3)ncn2)c(C(C)(C)O)c1Cl. The molecule has 0 atom stereocenters. The molecule has 3 heterocycles. The third-order valence-electron chi connectivity index (χ3n) is 6.14. The molecule has 9 nitrogen and oxygen atoms in total. The summed E-state index contributed by atoms with van der Waals surface area (Å²) in [5.74, 6) is 2.74. The van der Waals surface area contributed by atoms with E-state index in [9.17, 15) is 10.2 Å². The fraction of sp³-hybridized carbons (Fsp3) is 0.360. The average Bonchev–Trinajstić information content (AvgIpc) is 3.51. The van der Waals surface area contributed by atoms with E-state index in [-0.39, 0.29) is 5.75 Å². The summed E-state index contributed by atoms with van der Waals surface area (Å²) >= 11 is 6.46. The number of anilines is 2. The molecule has 1 aliphatic rings. The molecule has 0 aliphatic heterocycles. The second-order valence-electron chi connectivity index (χ2n) is 9.60. The molecule has 1 aliphatic carbocycles. The first-order valence-corrected chi connectivity index (χ1v) is 11.9. The van der Waals surface area contributed by atoms with Crippen LogP contribution in [0.15, 0.2) is 36.7 Å². The molecule has 4 aromatic rings. The Kier molecular flexibility index (Phi) is 5.77. The van der Waals surface area contributed by atoms with E-state index >= 15 is 0 Å². The number of rotatable bonds is 7. The van der Waals surface area contributed by atoms with Gasteiger partial charge in [-0.3, -0.25) is 0 Å². The molecule has 0 saturated heterocycles. The van der Waals surface area contributed by atoms with Crippen molar-refractivity contribution >= 4 is 23.2 Å². The van der Waals surface area contributed by atoms with E-state index in [1.54, 1.807) is 43.7 Å². The van der Waals surface area contributed by atoms with Crippen LogP contribution in [0.2, 0.25) is 5.02 Å². The monoisotopic (exact) mass is 493 g/mol. The lowest BCUT2D eigenvalue weighted by Crippen LogP contribution is -2.22. The van der Waals surface area contributed by atoms with Gasteiger partial charge in [-0.2, -0.15) is 10.2 Å². The second kappa shape index (κ2) is 8.66. The van der Waals surface area contributed by atoms with Gasteiger partial charge < -0.3 is 15.5 Å². The van der Waals surface area contributed by atoms with Gasteiger partial charge in [0.25, 0.3) is 0 Å². The topological polar surface area (TPSA) is 114 Å². The summed E-state index contributed by atoms with van der Waals surface area (Å²) in [7, 11) is 0. The fourth-order valence-electron chi connectivity index (χ4n) is 4.13. The zero-order valence-corrected chi connectivity index (χ0v) is 20.9. The lowest BCUT2D eigenvalue weighted by molar-refractivity contribution is 0.0711. The van der Waals surface area contributed by atoms with Crippen LogP contribution in [-0.2, 0) is 12.1 Å². The molecule has 35 heavy (non-hydrogen) atoms. The number of aromatic nitrogens is 6. The quantitative estimate of drug-likeness (QED) is 0.336. The Morgan fingerprint density at radius 3 is 2.49 bits per heavy atom. The first-order valence-electron chi connectivity index (χ1n) is 11.6. The van der Waals surface area contributed by atoms with Crippen LogP contribution in [0.4, 0.5) is 11.6 Å². The molecule has 10 heteroatoms. The predicted molar refractivity (Wildman–Crippen MR) is 134 cm³/mol. The lowest BCUT2D eigenvalue weighted by atomic mass is 10.1. The van der Waals surface area contributed by atoms with Crippen molar-refractivity contribution in [2.45, 2.75) is 52.7 Å². The van der Waals surface area contributed by atoms with Crippen molar-refractivity contribution in [3.05, 3.63) is 58.6 Å². The Morgan fingerprint density at radius 1 is 1.11 bits per heavy atom. The number of phenols is 1. The van der Waals surface area contributed by atoms with Crippen molar-refractivity contribution in [2.75, 3.05) is 5.32 Å². The van der Waals surface area contributed by atoms with Crippen LogP contribution in [0.3, 0.4) is 0 Å². The maximum atomic E-state index is 10.7. The number of hydrogen-bond donors (Lipinski definition) is 3. The van der Waals surface area contributed by atoms with Crippen LogP contribution in [0, 0.1) is 19.8 Å². The Hall–Kier alpha value is -3.43. The number of phenolic OH excluding ortho intramolecular Hbond substituents is 1. The molecule has 1 saturated carbocycles. The fourth-order valence-corrected chi connectivity index (χ4v) is 4.48. The number of aryl methyl sites for hydroxylation is 1. The van der Waals surface area contributed by atoms with E-state index in [0.29, 0.717) is 34.0 Å². The number of benzene rings is 1. The van der Waals surface area contributed by atoms with Crippen LogP contribution in [0.25, 0.3) is 17.1 Å². The zero-order chi connectivity index (χ0) is 24.9. The Bertz CT molecular complexity index is 1380. The highest BCUT2D eigenvalue weighted by Gasteiger charge is 2.29. The minimum atomic E-state index is -1.21. The summed E-state index contributed by atoms with van der Waals surface area (Å²) < 4.78 is 3.55. The van der Waals surface area contributed by atoms with Gasteiger partial charge in [0.05, 0.1) is 22.1 Å². The summed E-state index contributed by atoms with van der Waals surface area (Å²) in [6.07, 6.45) is 3.85. The Balaban J connectivity index is 1.54. The van der Waals surface area contributed by atoms with E-state index in [1.807, 2.05) is 23.7 Å². The molecule has 0 radical (unpaired) electrons. The van der Waals surface area contributed by atoms with Crippen LogP contribution in [0.5, 0.6) is 5.75 Å². The van der Waals surface area contributed by atoms with Gasteiger partial charge in [-0.05, 0) is 70.7 Å². The first kappa shape index (κ1) is 23.3. The van der Waals surface area contributed by atoms with E-state index in [4.69, 9.17) is 16.7 Å². The van der Waals surface area contributed by atoms with Crippen molar-refractivity contribution in [3.8, 4) is 22.8 Å². The molecule has 0 bridgehead atoms. The smallest absolute Gasteiger partial charge is 0.159 e. The average molecular weight is 494 g/mol. The van der Waals surface area contributed by atoms with Gasteiger partial charge in [-0.1, -0.05) is 11.6 Å². The summed E-state index contributed by atoms with van der Waals surface area (Å²) in [5.41, 5.74) is 2.61. The van der Waals surface area contributed by atoms with Crippen molar-refractivity contribution in [1.29, 1.82) is 0 Å². The summed E-state index contributed by atoms with van der Waals surface area (Å²) in [6.45, 7) is 7.95. The number of aromatic hydroxyl groups is 1. The van der Waals surface area contributed by atoms with Gasteiger partial charge in [0.15, 0.2) is 5.82 Å². The van der Waals surface area contributed by atoms with Gasteiger partial charge in [-0.25, -0.2) is 19.3 Å². The minimum absolute atomic E-state index is 0.218. The zero-order valence-electron chi connectivity index (χ0n) is 20.1. The van der Waals surface area contributed by atoms with Crippen molar-refractivity contribution < 1.29 is 10.2 Å². The highest BCUT2D eigenvalue weighted by atomic mass is 35.5. The molecule has 1 fully saturated rings. The van der Waals surface area contributed by atoms with E-state index in [0.717, 1.165) is 29.2 Å². The molecule has 0 spiro atoms. The molecule has 3 aromatic heterocycles. The summed E-state index contributed by atoms with van der Waals surface area (Å²) in [5, 5.41) is 33.6. The van der Waals surface area contributed by atoms with Crippen molar-refractivity contribution in [3.63, 3.8) is 0 Å². The standard InChI is InChI=1S/C25H28ClN7O2/c1-14-22(17-7-9-18(34)10-8-17)31-32(12-16-5-6-16)24(14)29-19-11-20(28-13-27-19)33-23(25(3,4)35)21(26)15(2)30-33/h7-11,13,16,34-35H,5-6,12H2,1-4H3,(H,27,28,29). The van der Waals surface area contributed by atoms with Crippen LogP contribution < -0.4 is 5.32 Å². The van der Waals surface area contributed by atoms with Gasteiger partial charge in [0.1, 0.15) is 29.3 Å².